The Morgan fingerprint density at radius 2 is 2.00 bits per heavy atom. The summed E-state index contributed by atoms with van der Waals surface area (Å²) in [5, 5.41) is 12.6. The van der Waals surface area contributed by atoms with Gasteiger partial charge in [-0.25, -0.2) is 0 Å². The summed E-state index contributed by atoms with van der Waals surface area (Å²) in [6.07, 6.45) is 4.11. The van der Waals surface area contributed by atoms with Crippen molar-refractivity contribution in [2.75, 3.05) is 13.6 Å². The fourth-order valence-corrected chi connectivity index (χ4v) is 3.56. The lowest BCUT2D eigenvalue weighted by molar-refractivity contribution is 0.728. The molecule has 6 nitrogen and oxygen atoms in total. The van der Waals surface area contributed by atoms with Crippen molar-refractivity contribution >= 4 is 40.8 Å². The van der Waals surface area contributed by atoms with E-state index in [0.29, 0.717) is 0 Å². The molecule has 0 saturated carbocycles. The van der Waals surface area contributed by atoms with Gasteiger partial charge < -0.3 is 15.6 Å². The van der Waals surface area contributed by atoms with Crippen LogP contribution in [0, 0.1) is 13.8 Å². The number of hydrogen-bond donors (Lipinski definition) is 3. The third-order valence-electron chi connectivity index (χ3n) is 5.27. The molecule has 0 amide bonds. The Morgan fingerprint density at radius 3 is 2.64 bits per heavy atom. The smallest absolute Gasteiger partial charge is 0.191 e. The average molecular weight is 494 g/mol. The van der Waals surface area contributed by atoms with E-state index < -0.39 is 0 Å². The van der Waals surface area contributed by atoms with Crippen LogP contribution < -0.4 is 10.6 Å². The molecule has 0 aliphatic heterocycles. The van der Waals surface area contributed by atoms with Crippen molar-refractivity contribution in [1.82, 2.24) is 25.4 Å². The number of aromatic amines is 1. The minimum Gasteiger partial charge on any atom is -0.361 e. The summed E-state index contributed by atoms with van der Waals surface area (Å²) in [5.41, 5.74) is 7.43. The fraction of sp³-hybridized carbons (Fsp3) is 0.429. The number of aromatic nitrogens is 3. The Morgan fingerprint density at radius 1 is 1.21 bits per heavy atom. The predicted molar refractivity (Wildman–Crippen MR) is 128 cm³/mol. The highest BCUT2D eigenvalue weighted by atomic mass is 127. The van der Waals surface area contributed by atoms with Gasteiger partial charge in [-0.2, -0.15) is 5.10 Å². The molecule has 0 aliphatic rings. The van der Waals surface area contributed by atoms with Crippen LogP contribution in [0.25, 0.3) is 10.9 Å². The molecule has 152 valence electrons. The van der Waals surface area contributed by atoms with Crippen LogP contribution in [0.1, 0.15) is 35.0 Å². The van der Waals surface area contributed by atoms with Crippen molar-refractivity contribution in [3.8, 4) is 0 Å². The van der Waals surface area contributed by atoms with E-state index in [-0.39, 0.29) is 24.0 Å². The van der Waals surface area contributed by atoms with Gasteiger partial charge in [0.15, 0.2) is 5.96 Å². The van der Waals surface area contributed by atoms with Crippen molar-refractivity contribution in [3.05, 3.63) is 52.5 Å². The highest BCUT2D eigenvalue weighted by molar-refractivity contribution is 14.0. The SMILES string of the molecule is CCc1cccc2c(CCNC(=NC)NCc3c(C)nn(C)c3C)c[nH]c12.I. The molecule has 0 bridgehead atoms. The molecule has 0 spiro atoms. The van der Waals surface area contributed by atoms with Crippen molar-refractivity contribution in [1.29, 1.82) is 0 Å². The number of aliphatic imine (C=N–C) groups is 1. The number of aryl methyl sites for hydroxylation is 3. The summed E-state index contributed by atoms with van der Waals surface area (Å²) in [7, 11) is 3.78. The number of halogens is 1. The molecule has 2 aromatic heterocycles. The molecule has 3 aromatic rings. The van der Waals surface area contributed by atoms with E-state index >= 15 is 0 Å². The average Bonchev–Trinajstić information content (AvgIpc) is 3.19. The third-order valence-corrected chi connectivity index (χ3v) is 5.27. The van der Waals surface area contributed by atoms with Crippen LogP contribution in [0.5, 0.6) is 0 Å². The van der Waals surface area contributed by atoms with E-state index in [2.05, 4.69) is 64.0 Å². The molecule has 3 rings (SSSR count). The normalized spacial score (nSPS) is 11.5. The maximum Gasteiger partial charge on any atom is 0.191 e. The number of guanidine groups is 1. The zero-order chi connectivity index (χ0) is 19.4. The third kappa shape index (κ3) is 4.68. The van der Waals surface area contributed by atoms with Gasteiger partial charge in [0.25, 0.3) is 0 Å². The molecule has 0 unspecified atom stereocenters. The Kier molecular flexibility index (Phi) is 7.91. The first-order chi connectivity index (χ1) is 13.0. The minimum absolute atomic E-state index is 0. The fourth-order valence-electron chi connectivity index (χ4n) is 3.56. The lowest BCUT2D eigenvalue weighted by atomic mass is 10.1. The lowest BCUT2D eigenvalue weighted by Gasteiger charge is -2.12. The number of nitrogens with one attached hydrogen (secondary N) is 3. The molecule has 28 heavy (non-hydrogen) atoms. The van der Waals surface area contributed by atoms with Gasteiger partial charge in [0.2, 0.25) is 0 Å². The first kappa shape index (κ1) is 22.3. The van der Waals surface area contributed by atoms with E-state index in [1.54, 1.807) is 7.05 Å². The predicted octanol–water partition coefficient (Wildman–Crippen LogP) is 3.61. The van der Waals surface area contributed by atoms with E-state index in [1.807, 2.05) is 18.7 Å². The van der Waals surface area contributed by atoms with Crippen LogP contribution in [-0.4, -0.2) is 34.3 Å². The largest absolute Gasteiger partial charge is 0.361 e. The van der Waals surface area contributed by atoms with Gasteiger partial charge in [0.1, 0.15) is 0 Å². The standard InChI is InChI=1S/C21H30N6.HI/c1-6-16-8-7-9-18-17(12-24-20(16)18)10-11-23-21(22-4)25-13-19-14(2)26-27(5)15(19)3;/h7-9,12,24H,6,10-11,13H2,1-5H3,(H2,22,23,25);1H. The molecule has 0 saturated heterocycles. The Bertz CT molecular complexity index is 953. The van der Waals surface area contributed by atoms with E-state index in [4.69, 9.17) is 0 Å². The van der Waals surface area contributed by atoms with Gasteiger partial charge in [-0.05, 0) is 37.8 Å². The van der Waals surface area contributed by atoms with Gasteiger partial charge in [-0.1, -0.05) is 25.1 Å². The van der Waals surface area contributed by atoms with E-state index in [0.717, 1.165) is 37.6 Å². The second-order valence-corrected chi connectivity index (χ2v) is 6.88. The van der Waals surface area contributed by atoms with Gasteiger partial charge in [0.05, 0.1) is 5.69 Å². The van der Waals surface area contributed by atoms with Crippen molar-refractivity contribution in [2.45, 2.75) is 40.2 Å². The number of nitrogens with zero attached hydrogens (tertiary/aromatic N) is 3. The molecule has 3 N–H and O–H groups in total. The number of para-hydroxylation sites is 1. The van der Waals surface area contributed by atoms with Crippen LogP contribution in [0.2, 0.25) is 0 Å². The van der Waals surface area contributed by atoms with Gasteiger partial charge >= 0.3 is 0 Å². The van der Waals surface area contributed by atoms with E-state index in [1.165, 1.54) is 33.3 Å². The molecule has 2 heterocycles. The van der Waals surface area contributed by atoms with Gasteiger partial charge in [0, 0.05) is 55.5 Å². The van der Waals surface area contributed by atoms with E-state index in [9.17, 15) is 0 Å². The first-order valence-electron chi connectivity index (χ1n) is 9.56. The van der Waals surface area contributed by atoms with Crippen LogP contribution in [-0.2, 0) is 26.4 Å². The quantitative estimate of drug-likeness (QED) is 0.279. The number of benzene rings is 1. The number of fused-ring (bicyclic) bond motifs is 1. The highest BCUT2D eigenvalue weighted by Gasteiger charge is 2.10. The highest BCUT2D eigenvalue weighted by Crippen LogP contribution is 2.22. The number of H-pyrrole nitrogens is 1. The van der Waals surface area contributed by atoms with Crippen molar-refractivity contribution in [2.24, 2.45) is 12.0 Å². The zero-order valence-corrected chi connectivity index (χ0v) is 19.7. The first-order valence-corrected chi connectivity index (χ1v) is 9.56. The summed E-state index contributed by atoms with van der Waals surface area (Å²) in [6.45, 7) is 7.88. The van der Waals surface area contributed by atoms with Gasteiger partial charge in [-0.15, -0.1) is 24.0 Å². The minimum atomic E-state index is 0. The topological polar surface area (TPSA) is 70.0 Å². The lowest BCUT2D eigenvalue weighted by Crippen LogP contribution is -2.38. The Balaban J connectivity index is 0.00000280. The second kappa shape index (κ2) is 9.95. The molecular formula is C21H31IN6. The zero-order valence-electron chi connectivity index (χ0n) is 17.4. The maximum atomic E-state index is 4.47. The second-order valence-electron chi connectivity index (χ2n) is 6.88. The maximum absolute atomic E-state index is 4.47. The van der Waals surface area contributed by atoms with Crippen LogP contribution >= 0.6 is 24.0 Å². The summed E-state index contributed by atoms with van der Waals surface area (Å²) in [6, 6.07) is 6.53. The summed E-state index contributed by atoms with van der Waals surface area (Å²) in [4.78, 5) is 7.78. The molecule has 0 atom stereocenters. The van der Waals surface area contributed by atoms with Crippen LogP contribution in [0.3, 0.4) is 0 Å². The molecule has 7 heteroatoms. The van der Waals surface area contributed by atoms with Crippen LogP contribution in [0.15, 0.2) is 29.4 Å². The molecule has 0 aliphatic carbocycles. The summed E-state index contributed by atoms with van der Waals surface area (Å²) < 4.78 is 1.92. The number of hydrogen-bond acceptors (Lipinski definition) is 2. The molecule has 0 radical (unpaired) electrons. The summed E-state index contributed by atoms with van der Waals surface area (Å²) in [5.74, 6) is 0.812. The number of rotatable bonds is 6. The van der Waals surface area contributed by atoms with Crippen LogP contribution in [0.4, 0.5) is 0 Å². The van der Waals surface area contributed by atoms with Gasteiger partial charge in [-0.3, -0.25) is 9.67 Å². The molecular weight excluding hydrogens is 463 g/mol. The van der Waals surface area contributed by atoms with Crippen molar-refractivity contribution < 1.29 is 0 Å². The molecule has 1 aromatic carbocycles. The Hall–Kier alpha value is -2.03. The van der Waals surface area contributed by atoms with Crippen molar-refractivity contribution in [3.63, 3.8) is 0 Å². The monoisotopic (exact) mass is 494 g/mol. The molecule has 0 fully saturated rings. The summed E-state index contributed by atoms with van der Waals surface area (Å²) >= 11 is 0. The Labute approximate surface area is 184 Å².